The molecule has 0 aromatic heterocycles. The Hall–Kier alpha value is -1.05. The van der Waals surface area contributed by atoms with Crippen LogP contribution in [0.1, 0.15) is 19.8 Å². The smallest absolute Gasteiger partial charge is 0.156 e. The van der Waals surface area contributed by atoms with Crippen molar-refractivity contribution in [1.29, 1.82) is 0 Å². The Balaban J connectivity index is 2.85. The van der Waals surface area contributed by atoms with E-state index in [4.69, 9.17) is 4.74 Å². The molecule has 1 rings (SSSR count). The van der Waals surface area contributed by atoms with Crippen molar-refractivity contribution in [2.45, 2.75) is 19.8 Å². The Morgan fingerprint density at radius 1 is 1.55 bits per heavy atom. The van der Waals surface area contributed by atoms with Crippen LogP contribution in [0.4, 0.5) is 0 Å². The van der Waals surface area contributed by atoms with E-state index < -0.39 is 0 Å². The topological polar surface area (TPSA) is 26.3 Å². The van der Waals surface area contributed by atoms with Crippen molar-refractivity contribution in [2.75, 3.05) is 7.11 Å². The number of allylic oxidation sites excluding steroid dienone is 3. The van der Waals surface area contributed by atoms with Gasteiger partial charge in [0.1, 0.15) is 5.76 Å². The van der Waals surface area contributed by atoms with Crippen LogP contribution in [0.5, 0.6) is 0 Å². The molecule has 0 unspecified atom stereocenters. The number of ether oxygens (including phenoxy) is 1. The molecule has 1 aliphatic rings. The van der Waals surface area contributed by atoms with Gasteiger partial charge >= 0.3 is 0 Å². The highest BCUT2D eigenvalue weighted by molar-refractivity contribution is 5.91. The summed E-state index contributed by atoms with van der Waals surface area (Å²) in [6, 6.07) is 0. The maximum Gasteiger partial charge on any atom is 0.156 e. The number of methoxy groups -OCH3 is 1. The van der Waals surface area contributed by atoms with Crippen LogP contribution in [0.25, 0.3) is 0 Å². The number of carbonyl (C=O) groups excluding carboxylic acids is 1. The third-order valence-electron chi connectivity index (χ3n) is 1.71. The van der Waals surface area contributed by atoms with Gasteiger partial charge < -0.3 is 4.74 Å². The Labute approximate surface area is 66.5 Å². The van der Waals surface area contributed by atoms with Crippen LogP contribution in [0.3, 0.4) is 0 Å². The minimum atomic E-state index is 0.186. The van der Waals surface area contributed by atoms with Crippen molar-refractivity contribution < 1.29 is 9.53 Å². The molecule has 0 aromatic rings. The van der Waals surface area contributed by atoms with E-state index in [1.54, 1.807) is 13.2 Å². The first-order chi connectivity index (χ1) is 5.24. The zero-order chi connectivity index (χ0) is 8.27. The van der Waals surface area contributed by atoms with Crippen molar-refractivity contribution in [1.82, 2.24) is 0 Å². The van der Waals surface area contributed by atoms with Gasteiger partial charge in [-0.2, -0.15) is 0 Å². The molecule has 1 aliphatic carbocycles. The molecule has 0 radical (unpaired) electrons. The minimum Gasteiger partial charge on any atom is -0.497 e. The lowest BCUT2D eigenvalue weighted by Gasteiger charge is -2.02. The fourth-order valence-corrected chi connectivity index (χ4v) is 1.14. The molecule has 0 aromatic carbocycles. The van der Waals surface area contributed by atoms with Crippen LogP contribution in [0, 0.1) is 0 Å². The molecule has 0 saturated heterocycles. The molecule has 2 nitrogen and oxygen atoms in total. The lowest BCUT2D eigenvalue weighted by Crippen LogP contribution is -1.91. The third kappa shape index (κ3) is 1.93. The van der Waals surface area contributed by atoms with Gasteiger partial charge in [-0.1, -0.05) is 0 Å². The highest BCUT2D eigenvalue weighted by Crippen LogP contribution is 2.15. The summed E-state index contributed by atoms with van der Waals surface area (Å²) < 4.78 is 5.07. The molecule has 0 fully saturated rings. The number of rotatable bonds is 1. The Morgan fingerprint density at radius 2 is 2.27 bits per heavy atom. The zero-order valence-corrected chi connectivity index (χ0v) is 6.89. The first-order valence-electron chi connectivity index (χ1n) is 3.69. The van der Waals surface area contributed by atoms with Crippen molar-refractivity contribution in [2.24, 2.45) is 0 Å². The number of hydrogen-bond donors (Lipinski definition) is 0. The van der Waals surface area contributed by atoms with Crippen LogP contribution in [-0.2, 0) is 9.53 Å². The van der Waals surface area contributed by atoms with Gasteiger partial charge in [-0.3, -0.25) is 4.79 Å². The van der Waals surface area contributed by atoms with Gasteiger partial charge in [-0.15, -0.1) is 0 Å². The molecule has 11 heavy (non-hydrogen) atoms. The molecule has 0 atom stereocenters. The summed E-state index contributed by atoms with van der Waals surface area (Å²) in [6.45, 7) is 1.89. The van der Waals surface area contributed by atoms with Crippen LogP contribution in [0.15, 0.2) is 23.5 Å². The second-order valence-electron chi connectivity index (χ2n) is 2.60. The molecular weight excluding hydrogens is 140 g/mol. The minimum absolute atomic E-state index is 0.186. The van der Waals surface area contributed by atoms with E-state index in [-0.39, 0.29) is 5.78 Å². The van der Waals surface area contributed by atoms with E-state index in [1.165, 1.54) is 0 Å². The summed E-state index contributed by atoms with van der Waals surface area (Å²) in [4.78, 5) is 11.0. The van der Waals surface area contributed by atoms with Crippen molar-refractivity contribution in [3.8, 4) is 0 Å². The van der Waals surface area contributed by atoms with Gasteiger partial charge in [0.2, 0.25) is 0 Å². The summed E-state index contributed by atoms with van der Waals surface area (Å²) in [5.74, 6) is 1.02. The Morgan fingerprint density at radius 3 is 2.91 bits per heavy atom. The monoisotopic (exact) mass is 152 g/mol. The van der Waals surface area contributed by atoms with Crippen LogP contribution >= 0.6 is 0 Å². The van der Waals surface area contributed by atoms with Crippen LogP contribution in [0.2, 0.25) is 0 Å². The van der Waals surface area contributed by atoms with E-state index in [0.29, 0.717) is 6.42 Å². The maximum absolute atomic E-state index is 11.0. The first-order valence-corrected chi connectivity index (χ1v) is 3.69. The molecule has 0 spiro atoms. The van der Waals surface area contributed by atoms with Gasteiger partial charge in [0.05, 0.1) is 7.11 Å². The number of carbonyl (C=O) groups is 1. The van der Waals surface area contributed by atoms with E-state index in [1.807, 2.05) is 13.0 Å². The molecule has 0 N–H and O–H groups in total. The quantitative estimate of drug-likeness (QED) is 0.573. The van der Waals surface area contributed by atoms with Crippen LogP contribution < -0.4 is 0 Å². The third-order valence-corrected chi connectivity index (χ3v) is 1.71. The van der Waals surface area contributed by atoms with Gasteiger partial charge in [0.15, 0.2) is 5.78 Å². The lowest BCUT2D eigenvalue weighted by atomic mass is 10.2. The average molecular weight is 152 g/mol. The second-order valence-corrected chi connectivity index (χ2v) is 2.60. The Kier molecular flexibility index (Phi) is 2.47. The Bertz CT molecular complexity index is 224. The van der Waals surface area contributed by atoms with E-state index >= 15 is 0 Å². The summed E-state index contributed by atoms with van der Waals surface area (Å²) in [7, 11) is 1.62. The van der Waals surface area contributed by atoms with Crippen LogP contribution in [-0.4, -0.2) is 12.9 Å². The number of ketones is 1. The van der Waals surface area contributed by atoms with Gasteiger partial charge in [0, 0.05) is 6.42 Å². The highest BCUT2D eigenvalue weighted by atomic mass is 16.5. The largest absolute Gasteiger partial charge is 0.497 e. The average Bonchev–Trinajstić information content (AvgIpc) is 2.11. The van der Waals surface area contributed by atoms with Crippen molar-refractivity contribution >= 4 is 5.78 Å². The van der Waals surface area contributed by atoms with Crippen molar-refractivity contribution in [3.05, 3.63) is 23.5 Å². The summed E-state index contributed by atoms with van der Waals surface area (Å²) >= 11 is 0. The SMILES string of the molecule is COC1=CCCC(=O)C=C1C. The molecule has 0 saturated carbocycles. The summed E-state index contributed by atoms with van der Waals surface area (Å²) in [5.41, 5.74) is 0.926. The molecule has 2 heteroatoms. The molecule has 60 valence electrons. The molecule has 0 amide bonds. The van der Waals surface area contributed by atoms with Crippen molar-refractivity contribution in [3.63, 3.8) is 0 Å². The standard InChI is InChI=1S/C9H12O2/c1-7-6-8(10)4-3-5-9(7)11-2/h5-6H,3-4H2,1-2H3. The zero-order valence-electron chi connectivity index (χ0n) is 6.89. The first kappa shape index (κ1) is 8.05. The normalized spacial score (nSPS) is 18.5. The summed E-state index contributed by atoms with van der Waals surface area (Å²) in [6.07, 6.45) is 4.99. The highest BCUT2D eigenvalue weighted by Gasteiger charge is 2.07. The second kappa shape index (κ2) is 3.37. The van der Waals surface area contributed by atoms with E-state index in [0.717, 1.165) is 17.8 Å². The summed E-state index contributed by atoms with van der Waals surface area (Å²) in [5, 5.41) is 0. The molecule has 0 heterocycles. The fourth-order valence-electron chi connectivity index (χ4n) is 1.14. The van der Waals surface area contributed by atoms with E-state index in [2.05, 4.69) is 0 Å². The van der Waals surface area contributed by atoms with Gasteiger partial charge in [-0.25, -0.2) is 0 Å². The molecule has 0 bridgehead atoms. The van der Waals surface area contributed by atoms with Gasteiger partial charge in [0.25, 0.3) is 0 Å². The maximum atomic E-state index is 11.0. The lowest BCUT2D eigenvalue weighted by molar-refractivity contribution is -0.114. The van der Waals surface area contributed by atoms with Gasteiger partial charge in [-0.05, 0) is 31.1 Å². The molecular formula is C9H12O2. The predicted octanol–water partition coefficient (Wildman–Crippen LogP) is 1.83. The number of hydrogen-bond acceptors (Lipinski definition) is 2. The molecule has 0 aliphatic heterocycles. The predicted molar refractivity (Wildman–Crippen MR) is 43.1 cm³/mol. The van der Waals surface area contributed by atoms with E-state index in [9.17, 15) is 4.79 Å². The fraction of sp³-hybridized carbons (Fsp3) is 0.444.